The molecule has 0 saturated carbocycles. The number of nitrogens with two attached hydrogens (primary N) is 1. The molecule has 2 N–H and O–H groups in total. The van der Waals surface area contributed by atoms with Gasteiger partial charge in [0.25, 0.3) is 5.24 Å². The molecule has 0 atom stereocenters. The highest BCUT2D eigenvalue weighted by atomic mass is 32.2. The summed E-state index contributed by atoms with van der Waals surface area (Å²) >= 11 is 1.14. The van der Waals surface area contributed by atoms with E-state index >= 15 is 0 Å². The second-order valence-electron chi connectivity index (χ2n) is 3.64. The molecule has 0 fully saturated rings. The monoisotopic (exact) mass is 243 g/mol. The number of benzene rings is 2. The van der Waals surface area contributed by atoms with Gasteiger partial charge >= 0.3 is 0 Å². The van der Waals surface area contributed by atoms with E-state index in [9.17, 15) is 4.79 Å². The summed E-state index contributed by atoms with van der Waals surface area (Å²) in [6, 6.07) is 19.8. The number of rotatable bonds is 3. The Morgan fingerprint density at radius 3 is 1.65 bits per heavy atom. The van der Waals surface area contributed by atoms with Crippen LogP contribution in [0.2, 0.25) is 0 Å². The molecule has 17 heavy (non-hydrogen) atoms. The van der Waals surface area contributed by atoms with Crippen LogP contribution in [0.1, 0.15) is 16.4 Å². The van der Waals surface area contributed by atoms with Crippen molar-refractivity contribution in [3.05, 3.63) is 71.8 Å². The molecule has 2 aromatic rings. The summed E-state index contributed by atoms with van der Waals surface area (Å²) in [5.41, 5.74) is 7.46. The molecular formula is C14H13NOS. The summed E-state index contributed by atoms with van der Waals surface area (Å²) in [4.78, 5) is 11.1. The molecule has 2 rings (SSSR count). The molecular weight excluding hydrogens is 230 g/mol. The number of carbonyl (C=O) groups excluding carboxylic acids is 1. The minimum atomic E-state index is -0.359. The van der Waals surface area contributed by atoms with Gasteiger partial charge in [-0.1, -0.05) is 72.4 Å². The maximum atomic E-state index is 11.1. The first-order valence-electron chi connectivity index (χ1n) is 5.33. The Morgan fingerprint density at radius 2 is 1.29 bits per heavy atom. The van der Waals surface area contributed by atoms with Crippen molar-refractivity contribution in [2.24, 2.45) is 5.73 Å². The second kappa shape index (κ2) is 5.55. The van der Waals surface area contributed by atoms with Crippen molar-refractivity contribution < 1.29 is 4.79 Å². The fourth-order valence-electron chi connectivity index (χ4n) is 1.70. The number of amides is 1. The van der Waals surface area contributed by atoms with E-state index in [1.165, 1.54) is 0 Å². The van der Waals surface area contributed by atoms with Gasteiger partial charge in [0.2, 0.25) is 0 Å². The van der Waals surface area contributed by atoms with E-state index < -0.39 is 0 Å². The van der Waals surface area contributed by atoms with Crippen LogP contribution in [0.3, 0.4) is 0 Å². The fourth-order valence-corrected chi connectivity index (χ4v) is 2.52. The number of hydrogen-bond donors (Lipinski definition) is 1. The molecule has 0 aliphatic rings. The van der Waals surface area contributed by atoms with Gasteiger partial charge in [0.05, 0.1) is 5.25 Å². The van der Waals surface area contributed by atoms with Crippen molar-refractivity contribution >= 4 is 17.0 Å². The highest BCUT2D eigenvalue weighted by Crippen LogP contribution is 2.35. The largest absolute Gasteiger partial charge is 0.360 e. The standard InChI is InChI=1S/C14H13NOS/c15-14(16)17-13(11-7-3-1-4-8-11)12-9-5-2-6-10-12/h1-10,13H,(H2,15,16). The summed E-state index contributed by atoms with van der Waals surface area (Å²) in [5, 5.41) is -0.391. The van der Waals surface area contributed by atoms with E-state index in [4.69, 9.17) is 5.73 Å². The third-order valence-electron chi connectivity index (χ3n) is 2.44. The number of primary amides is 1. The molecule has 2 aromatic carbocycles. The molecule has 0 radical (unpaired) electrons. The number of carbonyl (C=O) groups is 1. The zero-order valence-electron chi connectivity index (χ0n) is 9.24. The molecule has 0 spiro atoms. The maximum absolute atomic E-state index is 11.1. The van der Waals surface area contributed by atoms with Gasteiger partial charge in [-0.15, -0.1) is 0 Å². The molecule has 1 amide bonds. The van der Waals surface area contributed by atoms with Gasteiger partial charge in [0.15, 0.2) is 0 Å². The molecule has 0 bridgehead atoms. The smallest absolute Gasteiger partial charge is 0.277 e. The Balaban J connectivity index is 2.36. The predicted molar refractivity (Wildman–Crippen MR) is 71.9 cm³/mol. The van der Waals surface area contributed by atoms with Crippen LogP contribution in [-0.4, -0.2) is 5.24 Å². The summed E-state index contributed by atoms with van der Waals surface area (Å²) in [7, 11) is 0. The first-order valence-corrected chi connectivity index (χ1v) is 6.21. The highest BCUT2D eigenvalue weighted by Gasteiger charge is 2.16. The van der Waals surface area contributed by atoms with E-state index in [0.717, 1.165) is 22.9 Å². The van der Waals surface area contributed by atoms with Crippen molar-refractivity contribution in [2.75, 3.05) is 0 Å². The van der Waals surface area contributed by atoms with E-state index in [-0.39, 0.29) is 10.5 Å². The summed E-state index contributed by atoms with van der Waals surface area (Å²) in [5.74, 6) is 0. The van der Waals surface area contributed by atoms with Crippen LogP contribution in [-0.2, 0) is 0 Å². The quantitative estimate of drug-likeness (QED) is 0.895. The summed E-state index contributed by atoms with van der Waals surface area (Å²) in [6.45, 7) is 0. The van der Waals surface area contributed by atoms with Crippen LogP contribution in [0.4, 0.5) is 4.79 Å². The Bertz CT molecular complexity index is 445. The zero-order valence-corrected chi connectivity index (χ0v) is 10.1. The lowest BCUT2D eigenvalue weighted by molar-refractivity contribution is 0.267. The predicted octanol–water partition coefficient (Wildman–Crippen LogP) is 3.59. The topological polar surface area (TPSA) is 43.1 Å². The number of hydrogen-bond acceptors (Lipinski definition) is 2. The second-order valence-corrected chi connectivity index (χ2v) is 4.75. The lowest BCUT2D eigenvalue weighted by Crippen LogP contribution is -2.07. The van der Waals surface area contributed by atoms with Crippen molar-refractivity contribution in [3.8, 4) is 0 Å². The van der Waals surface area contributed by atoms with Crippen molar-refractivity contribution in [3.63, 3.8) is 0 Å². The van der Waals surface area contributed by atoms with Gasteiger partial charge in [0, 0.05) is 0 Å². The first kappa shape index (κ1) is 11.7. The van der Waals surface area contributed by atoms with E-state index in [0.29, 0.717) is 0 Å². The molecule has 0 aliphatic heterocycles. The zero-order chi connectivity index (χ0) is 12.1. The average molecular weight is 243 g/mol. The van der Waals surface area contributed by atoms with Crippen LogP contribution >= 0.6 is 11.8 Å². The van der Waals surface area contributed by atoms with Crippen molar-refractivity contribution in [2.45, 2.75) is 5.25 Å². The fraction of sp³-hybridized carbons (Fsp3) is 0.0714. The molecule has 0 saturated heterocycles. The molecule has 0 aliphatic carbocycles. The van der Waals surface area contributed by atoms with Crippen LogP contribution in [0.15, 0.2) is 60.7 Å². The minimum Gasteiger partial charge on any atom is -0.360 e. The van der Waals surface area contributed by atoms with E-state index in [2.05, 4.69) is 0 Å². The summed E-state index contributed by atoms with van der Waals surface area (Å²) in [6.07, 6.45) is 0. The van der Waals surface area contributed by atoms with E-state index in [1.807, 2.05) is 60.7 Å². The van der Waals surface area contributed by atoms with Crippen molar-refractivity contribution in [1.82, 2.24) is 0 Å². The summed E-state index contributed by atoms with van der Waals surface area (Å²) < 4.78 is 0. The van der Waals surface area contributed by atoms with Crippen molar-refractivity contribution in [1.29, 1.82) is 0 Å². The van der Waals surface area contributed by atoms with Crippen LogP contribution in [0.5, 0.6) is 0 Å². The van der Waals surface area contributed by atoms with Gasteiger partial charge in [-0.2, -0.15) is 0 Å². The van der Waals surface area contributed by atoms with Crippen LogP contribution < -0.4 is 5.73 Å². The molecule has 86 valence electrons. The molecule has 2 nitrogen and oxygen atoms in total. The molecule has 0 aromatic heterocycles. The minimum absolute atomic E-state index is 0.0325. The SMILES string of the molecule is NC(=O)SC(c1ccccc1)c1ccccc1. The average Bonchev–Trinajstić information content (AvgIpc) is 2.38. The van der Waals surface area contributed by atoms with Crippen LogP contribution in [0.25, 0.3) is 0 Å². The first-order chi connectivity index (χ1) is 8.27. The molecule has 0 heterocycles. The van der Waals surface area contributed by atoms with Gasteiger partial charge in [0.1, 0.15) is 0 Å². The van der Waals surface area contributed by atoms with E-state index in [1.54, 1.807) is 0 Å². The maximum Gasteiger partial charge on any atom is 0.277 e. The van der Waals surface area contributed by atoms with Gasteiger partial charge in [-0.3, -0.25) is 4.79 Å². The lowest BCUT2D eigenvalue weighted by Gasteiger charge is -2.15. The Morgan fingerprint density at radius 1 is 0.882 bits per heavy atom. The third-order valence-corrected chi connectivity index (χ3v) is 3.45. The Hall–Kier alpha value is -1.74. The molecule has 3 heteroatoms. The number of thioether (sulfide) groups is 1. The Kier molecular flexibility index (Phi) is 3.83. The van der Waals surface area contributed by atoms with Gasteiger partial charge < -0.3 is 5.73 Å². The van der Waals surface area contributed by atoms with Gasteiger partial charge in [-0.05, 0) is 11.1 Å². The lowest BCUT2D eigenvalue weighted by atomic mass is 10.0. The Labute approximate surface area is 105 Å². The normalized spacial score (nSPS) is 10.4. The van der Waals surface area contributed by atoms with Gasteiger partial charge in [-0.25, -0.2) is 0 Å². The molecule has 0 unspecified atom stereocenters. The van der Waals surface area contributed by atoms with Crippen LogP contribution in [0, 0.1) is 0 Å². The third kappa shape index (κ3) is 3.11. The highest BCUT2D eigenvalue weighted by molar-refractivity contribution is 8.13.